The Morgan fingerprint density at radius 3 is 2.33 bits per heavy atom. The summed E-state index contributed by atoms with van der Waals surface area (Å²) in [5.41, 5.74) is 1.40. The second-order valence-corrected chi connectivity index (χ2v) is 5.03. The Balaban J connectivity index is 1.86. The van der Waals surface area contributed by atoms with Gasteiger partial charge in [-0.1, -0.05) is 12.1 Å². The monoisotopic (exact) mass is 334 g/mol. The van der Waals surface area contributed by atoms with E-state index in [1.165, 1.54) is 0 Å². The molecule has 126 valence electrons. The SMILES string of the molecule is O=C(CNC(=O)c1ccc(F)c(F)c1)Nc1ccc(CCO)cc1. The lowest BCUT2D eigenvalue weighted by Gasteiger charge is -2.08. The summed E-state index contributed by atoms with van der Waals surface area (Å²) < 4.78 is 25.9. The summed E-state index contributed by atoms with van der Waals surface area (Å²) in [6.45, 7) is -0.266. The number of rotatable bonds is 6. The van der Waals surface area contributed by atoms with Crippen LogP contribution in [0.15, 0.2) is 42.5 Å². The first-order chi connectivity index (χ1) is 11.5. The Morgan fingerprint density at radius 2 is 1.71 bits per heavy atom. The number of carbonyl (C=O) groups excluding carboxylic acids is 2. The Hall–Kier alpha value is -2.80. The highest BCUT2D eigenvalue weighted by atomic mass is 19.2. The van der Waals surface area contributed by atoms with Crippen LogP contribution in [0.4, 0.5) is 14.5 Å². The molecule has 2 amide bonds. The molecule has 0 aliphatic rings. The molecule has 0 heterocycles. The zero-order valence-electron chi connectivity index (χ0n) is 12.7. The van der Waals surface area contributed by atoms with Gasteiger partial charge in [0.05, 0.1) is 6.54 Å². The maximum Gasteiger partial charge on any atom is 0.251 e. The summed E-state index contributed by atoms with van der Waals surface area (Å²) in [5.74, 6) is -3.31. The van der Waals surface area contributed by atoms with Crippen LogP contribution < -0.4 is 10.6 Å². The molecule has 2 aromatic rings. The molecule has 0 unspecified atom stereocenters. The summed E-state index contributed by atoms with van der Waals surface area (Å²) in [7, 11) is 0. The second kappa shape index (κ2) is 8.16. The van der Waals surface area contributed by atoms with Crippen LogP contribution in [0.1, 0.15) is 15.9 Å². The van der Waals surface area contributed by atoms with Gasteiger partial charge in [-0.2, -0.15) is 0 Å². The quantitative estimate of drug-likeness (QED) is 0.755. The van der Waals surface area contributed by atoms with Crippen LogP contribution in [0.5, 0.6) is 0 Å². The number of anilines is 1. The van der Waals surface area contributed by atoms with Crippen molar-refractivity contribution in [3.05, 3.63) is 65.2 Å². The van der Waals surface area contributed by atoms with Gasteiger partial charge in [0.2, 0.25) is 5.91 Å². The van der Waals surface area contributed by atoms with Crippen molar-refractivity contribution >= 4 is 17.5 Å². The summed E-state index contributed by atoms with van der Waals surface area (Å²) in [6.07, 6.45) is 0.526. The van der Waals surface area contributed by atoms with E-state index in [4.69, 9.17) is 5.11 Å². The Bertz CT molecular complexity index is 733. The van der Waals surface area contributed by atoms with Gasteiger partial charge >= 0.3 is 0 Å². The van der Waals surface area contributed by atoms with Crippen molar-refractivity contribution in [1.29, 1.82) is 0 Å². The van der Waals surface area contributed by atoms with E-state index in [-0.39, 0.29) is 18.7 Å². The molecule has 2 aromatic carbocycles. The van der Waals surface area contributed by atoms with Gasteiger partial charge in [-0.3, -0.25) is 9.59 Å². The second-order valence-electron chi connectivity index (χ2n) is 5.03. The average molecular weight is 334 g/mol. The van der Waals surface area contributed by atoms with Crippen molar-refractivity contribution < 1.29 is 23.5 Å². The highest BCUT2D eigenvalue weighted by Gasteiger charge is 2.11. The number of benzene rings is 2. The van der Waals surface area contributed by atoms with Gasteiger partial charge in [0.15, 0.2) is 11.6 Å². The molecular formula is C17H16F2N2O3. The van der Waals surface area contributed by atoms with Crippen molar-refractivity contribution in [2.24, 2.45) is 0 Å². The normalized spacial score (nSPS) is 10.3. The van der Waals surface area contributed by atoms with E-state index in [1.807, 2.05) is 0 Å². The first kappa shape index (κ1) is 17.6. The zero-order chi connectivity index (χ0) is 17.5. The number of carbonyl (C=O) groups is 2. The maximum absolute atomic E-state index is 13.1. The Kier molecular flexibility index (Phi) is 5.97. The van der Waals surface area contributed by atoms with Gasteiger partial charge in [-0.05, 0) is 42.3 Å². The van der Waals surface area contributed by atoms with Gasteiger partial charge in [-0.25, -0.2) is 8.78 Å². The van der Waals surface area contributed by atoms with Crippen LogP contribution in [0.3, 0.4) is 0 Å². The summed E-state index contributed by atoms with van der Waals surface area (Å²) in [5, 5.41) is 13.7. The molecule has 5 nitrogen and oxygen atoms in total. The summed E-state index contributed by atoms with van der Waals surface area (Å²) >= 11 is 0. The summed E-state index contributed by atoms with van der Waals surface area (Å²) in [6, 6.07) is 9.64. The molecule has 0 radical (unpaired) electrons. The molecular weight excluding hydrogens is 318 g/mol. The fourth-order valence-corrected chi connectivity index (χ4v) is 1.99. The molecule has 7 heteroatoms. The van der Waals surface area contributed by atoms with E-state index >= 15 is 0 Å². The largest absolute Gasteiger partial charge is 0.396 e. The molecule has 0 bridgehead atoms. The maximum atomic E-state index is 13.1. The molecule has 0 aromatic heterocycles. The number of nitrogens with one attached hydrogen (secondary N) is 2. The number of halogens is 2. The minimum Gasteiger partial charge on any atom is -0.396 e. The van der Waals surface area contributed by atoms with E-state index in [0.29, 0.717) is 12.1 Å². The minimum absolute atomic E-state index is 0.0434. The van der Waals surface area contributed by atoms with Crippen LogP contribution in [-0.2, 0) is 11.2 Å². The Morgan fingerprint density at radius 1 is 1.00 bits per heavy atom. The third-order valence-corrected chi connectivity index (χ3v) is 3.23. The fourth-order valence-electron chi connectivity index (χ4n) is 1.99. The van der Waals surface area contributed by atoms with Crippen molar-refractivity contribution in [3.8, 4) is 0 Å². The average Bonchev–Trinajstić information content (AvgIpc) is 2.57. The molecule has 0 fully saturated rings. The molecule has 0 spiro atoms. The van der Waals surface area contributed by atoms with Gasteiger partial charge in [0.1, 0.15) is 0 Å². The number of hydrogen-bond acceptors (Lipinski definition) is 3. The van der Waals surface area contributed by atoms with E-state index < -0.39 is 23.4 Å². The van der Waals surface area contributed by atoms with Gasteiger partial charge in [-0.15, -0.1) is 0 Å². The lowest BCUT2D eigenvalue weighted by molar-refractivity contribution is -0.115. The highest BCUT2D eigenvalue weighted by Crippen LogP contribution is 2.10. The molecule has 0 saturated heterocycles. The van der Waals surface area contributed by atoms with Gasteiger partial charge in [0.25, 0.3) is 5.91 Å². The number of aliphatic hydroxyl groups is 1. The highest BCUT2D eigenvalue weighted by molar-refractivity contribution is 5.99. The standard InChI is InChI=1S/C17H16F2N2O3/c18-14-6-3-12(9-15(14)19)17(24)20-10-16(23)21-13-4-1-11(2-5-13)7-8-22/h1-6,9,22H,7-8,10H2,(H,20,24)(H,21,23). The zero-order valence-corrected chi connectivity index (χ0v) is 12.7. The molecule has 2 rings (SSSR count). The Labute approximate surface area is 137 Å². The molecule has 3 N–H and O–H groups in total. The van der Waals surface area contributed by atoms with Crippen molar-refractivity contribution in [2.45, 2.75) is 6.42 Å². The van der Waals surface area contributed by atoms with Gasteiger partial charge in [0, 0.05) is 17.9 Å². The first-order valence-corrected chi connectivity index (χ1v) is 7.22. The molecule has 24 heavy (non-hydrogen) atoms. The predicted octanol–water partition coefficient (Wildman–Crippen LogP) is 1.87. The van der Waals surface area contributed by atoms with Crippen molar-refractivity contribution in [2.75, 3.05) is 18.5 Å². The molecule has 0 aliphatic heterocycles. The first-order valence-electron chi connectivity index (χ1n) is 7.22. The lowest BCUT2D eigenvalue weighted by atomic mass is 10.1. The van der Waals surface area contributed by atoms with Crippen LogP contribution in [0.25, 0.3) is 0 Å². The van der Waals surface area contributed by atoms with Crippen LogP contribution in [-0.4, -0.2) is 30.1 Å². The van der Waals surface area contributed by atoms with E-state index in [9.17, 15) is 18.4 Å². The van der Waals surface area contributed by atoms with E-state index in [1.54, 1.807) is 24.3 Å². The number of hydrogen-bond donors (Lipinski definition) is 3. The minimum atomic E-state index is -1.13. The topological polar surface area (TPSA) is 78.4 Å². The van der Waals surface area contributed by atoms with Crippen molar-refractivity contribution in [3.63, 3.8) is 0 Å². The predicted molar refractivity (Wildman–Crippen MR) is 84.6 cm³/mol. The fraction of sp³-hybridized carbons (Fsp3) is 0.176. The smallest absolute Gasteiger partial charge is 0.251 e. The molecule has 0 atom stereocenters. The third kappa shape index (κ3) is 4.85. The lowest BCUT2D eigenvalue weighted by Crippen LogP contribution is -2.32. The molecule has 0 aliphatic carbocycles. The number of amides is 2. The van der Waals surface area contributed by atoms with E-state index in [0.717, 1.165) is 23.8 Å². The van der Waals surface area contributed by atoms with Crippen molar-refractivity contribution in [1.82, 2.24) is 5.32 Å². The van der Waals surface area contributed by atoms with Crippen LogP contribution in [0.2, 0.25) is 0 Å². The molecule has 0 saturated carbocycles. The number of aliphatic hydroxyl groups excluding tert-OH is 1. The summed E-state index contributed by atoms with van der Waals surface area (Å²) in [4.78, 5) is 23.6. The third-order valence-electron chi connectivity index (χ3n) is 3.23. The van der Waals surface area contributed by atoms with Crippen LogP contribution >= 0.6 is 0 Å². The van der Waals surface area contributed by atoms with E-state index in [2.05, 4.69) is 10.6 Å². The van der Waals surface area contributed by atoms with Crippen LogP contribution in [0, 0.1) is 11.6 Å². The van der Waals surface area contributed by atoms with Gasteiger partial charge < -0.3 is 15.7 Å².